The van der Waals surface area contributed by atoms with Crippen molar-refractivity contribution in [3.05, 3.63) is 24.4 Å². The van der Waals surface area contributed by atoms with Gasteiger partial charge in [-0.2, -0.15) is 0 Å². The summed E-state index contributed by atoms with van der Waals surface area (Å²) < 4.78 is 5.08. The molecular weight excluding hydrogens is 178 g/mol. The second-order valence-corrected chi connectivity index (χ2v) is 3.28. The van der Waals surface area contributed by atoms with E-state index in [0.29, 0.717) is 5.88 Å². The zero-order chi connectivity index (χ0) is 10.4. The Morgan fingerprint density at radius 3 is 2.93 bits per heavy atom. The third-order valence-electron chi connectivity index (χ3n) is 1.97. The van der Waals surface area contributed by atoms with Crippen molar-refractivity contribution in [2.24, 2.45) is 5.92 Å². The summed E-state index contributed by atoms with van der Waals surface area (Å²) in [5.41, 5.74) is 0. The molecule has 1 rings (SSSR count). The molecule has 76 valence electrons. The van der Waals surface area contributed by atoms with E-state index < -0.39 is 0 Å². The highest BCUT2D eigenvalue weighted by Gasteiger charge is 2.14. The van der Waals surface area contributed by atoms with Crippen LogP contribution in [-0.4, -0.2) is 11.0 Å². The van der Waals surface area contributed by atoms with Gasteiger partial charge in [0.05, 0.1) is 5.92 Å². The van der Waals surface area contributed by atoms with E-state index in [0.717, 1.165) is 12.8 Å². The second-order valence-electron chi connectivity index (χ2n) is 3.28. The molecule has 1 unspecified atom stereocenters. The molecule has 1 heterocycles. The Morgan fingerprint density at radius 2 is 2.36 bits per heavy atom. The number of pyridine rings is 1. The number of rotatable bonds is 4. The maximum Gasteiger partial charge on any atom is 0.315 e. The first kappa shape index (κ1) is 10.7. The quantitative estimate of drug-likeness (QED) is 0.689. The second kappa shape index (κ2) is 5.37. The van der Waals surface area contributed by atoms with E-state index >= 15 is 0 Å². The predicted molar refractivity (Wildman–Crippen MR) is 53.9 cm³/mol. The molecule has 0 saturated heterocycles. The molecule has 0 amide bonds. The lowest BCUT2D eigenvalue weighted by atomic mass is 10.1. The highest BCUT2D eigenvalue weighted by molar-refractivity contribution is 5.74. The summed E-state index contributed by atoms with van der Waals surface area (Å²) >= 11 is 0. The van der Waals surface area contributed by atoms with Gasteiger partial charge in [0.2, 0.25) is 5.88 Å². The molecule has 0 saturated carbocycles. The number of aromatic nitrogens is 1. The number of carbonyl (C=O) groups excluding carboxylic acids is 1. The molecule has 3 heteroatoms. The van der Waals surface area contributed by atoms with Crippen LogP contribution in [0.2, 0.25) is 0 Å². The van der Waals surface area contributed by atoms with Crippen LogP contribution in [-0.2, 0) is 4.79 Å². The van der Waals surface area contributed by atoms with E-state index in [1.54, 1.807) is 24.4 Å². The first-order valence-electron chi connectivity index (χ1n) is 4.86. The van der Waals surface area contributed by atoms with E-state index in [1.807, 2.05) is 13.8 Å². The van der Waals surface area contributed by atoms with E-state index in [-0.39, 0.29) is 11.9 Å². The number of ether oxygens (including phenoxy) is 1. The molecule has 0 aliphatic heterocycles. The SMILES string of the molecule is CCCC(C)C(=O)Oc1ccccn1. The van der Waals surface area contributed by atoms with Crippen molar-refractivity contribution in [2.75, 3.05) is 0 Å². The number of hydrogen-bond acceptors (Lipinski definition) is 3. The first-order valence-corrected chi connectivity index (χ1v) is 4.86. The van der Waals surface area contributed by atoms with Crippen LogP contribution < -0.4 is 4.74 Å². The molecule has 0 aliphatic rings. The van der Waals surface area contributed by atoms with Crippen LogP contribution in [0.15, 0.2) is 24.4 Å². The van der Waals surface area contributed by atoms with Crippen molar-refractivity contribution in [3.8, 4) is 5.88 Å². The number of carbonyl (C=O) groups is 1. The van der Waals surface area contributed by atoms with Gasteiger partial charge >= 0.3 is 5.97 Å². The van der Waals surface area contributed by atoms with Crippen LogP contribution in [0.4, 0.5) is 0 Å². The summed E-state index contributed by atoms with van der Waals surface area (Å²) in [6, 6.07) is 5.25. The van der Waals surface area contributed by atoms with Crippen LogP contribution in [0, 0.1) is 5.92 Å². The fraction of sp³-hybridized carbons (Fsp3) is 0.455. The minimum atomic E-state index is -0.203. The van der Waals surface area contributed by atoms with Gasteiger partial charge in [0, 0.05) is 12.3 Å². The minimum absolute atomic E-state index is 0.0537. The molecule has 0 spiro atoms. The molecular formula is C11H15NO2. The van der Waals surface area contributed by atoms with Gasteiger partial charge in [-0.1, -0.05) is 26.3 Å². The van der Waals surface area contributed by atoms with Crippen LogP contribution in [0.3, 0.4) is 0 Å². The smallest absolute Gasteiger partial charge is 0.315 e. The zero-order valence-corrected chi connectivity index (χ0v) is 8.56. The zero-order valence-electron chi connectivity index (χ0n) is 8.56. The molecule has 1 aromatic rings. The van der Waals surface area contributed by atoms with Crippen molar-refractivity contribution in [1.29, 1.82) is 0 Å². The summed E-state index contributed by atoms with van der Waals surface area (Å²) in [5.74, 6) is 0.119. The van der Waals surface area contributed by atoms with E-state index in [4.69, 9.17) is 4.74 Å². The number of hydrogen-bond donors (Lipinski definition) is 0. The number of esters is 1. The summed E-state index contributed by atoms with van der Waals surface area (Å²) in [6.07, 6.45) is 3.44. The molecule has 0 radical (unpaired) electrons. The Bertz CT molecular complexity index is 285. The molecule has 1 atom stereocenters. The predicted octanol–water partition coefficient (Wildman–Crippen LogP) is 2.42. The van der Waals surface area contributed by atoms with Crippen LogP contribution in [0.5, 0.6) is 5.88 Å². The van der Waals surface area contributed by atoms with Gasteiger partial charge in [-0.05, 0) is 12.5 Å². The summed E-state index contributed by atoms with van der Waals surface area (Å²) in [4.78, 5) is 15.4. The normalized spacial score (nSPS) is 12.1. The van der Waals surface area contributed by atoms with Crippen molar-refractivity contribution in [1.82, 2.24) is 4.98 Å². The lowest BCUT2D eigenvalue weighted by molar-refractivity contribution is -0.138. The molecule has 3 nitrogen and oxygen atoms in total. The topological polar surface area (TPSA) is 39.2 Å². The Labute approximate surface area is 84.1 Å². The highest BCUT2D eigenvalue weighted by atomic mass is 16.5. The van der Waals surface area contributed by atoms with Gasteiger partial charge in [-0.3, -0.25) is 4.79 Å². The van der Waals surface area contributed by atoms with Crippen molar-refractivity contribution >= 4 is 5.97 Å². The molecule has 0 aliphatic carbocycles. The van der Waals surface area contributed by atoms with Gasteiger partial charge in [0.15, 0.2) is 0 Å². The van der Waals surface area contributed by atoms with Crippen LogP contribution in [0.25, 0.3) is 0 Å². The first-order chi connectivity index (χ1) is 6.74. The molecule has 0 bridgehead atoms. The van der Waals surface area contributed by atoms with Gasteiger partial charge in [0.1, 0.15) is 0 Å². The van der Waals surface area contributed by atoms with Gasteiger partial charge in [-0.15, -0.1) is 0 Å². The third-order valence-corrected chi connectivity index (χ3v) is 1.97. The molecule has 0 aromatic carbocycles. The molecule has 0 N–H and O–H groups in total. The van der Waals surface area contributed by atoms with Crippen molar-refractivity contribution < 1.29 is 9.53 Å². The maximum absolute atomic E-state index is 11.4. The van der Waals surface area contributed by atoms with E-state index in [2.05, 4.69) is 4.98 Å². The number of nitrogens with zero attached hydrogens (tertiary/aromatic N) is 1. The summed E-state index contributed by atoms with van der Waals surface area (Å²) in [7, 11) is 0. The highest BCUT2D eigenvalue weighted by Crippen LogP contribution is 2.10. The third kappa shape index (κ3) is 3.17. The Kier molecular flexibility index (Phi) is 4.11. The largest absolute Gasteiger partial charge is 0.407 e. The molecule has 0 fully saturated rings. The van der Waals surface area contributed by atoms with Gasteiger partial charge in [0.25, 0.3) is 0 Å². The van der Waals surface area contributed by atoms with Crippen molar-refractivity contribution in [3.63, 3.8) is 0 Å². The Balaban J connectivity index is 2.49. The average Bonchev–Trinajstić information content (AvgIpc) is 2.19. The Morgan fingerprint density at radius 1 is 1.57 bits per heavy atom. The summed E-state index contributed by atoms with van der Waals surface area (Å²) in [5, 5.41) is 0. The minimum Gasteiger partial charge on any atom is -0.407 e. The van der Waals surface area contributed by atoms with Crippen LogP contribution in [0.1, 0.15) is 26.7 Å². The standard InChI is InChI=1S/C11H15NO2/c1-3-6-9(2)11(13)14-10-7-4-5-8-12-10/h4-5,7-9H,3,6H2,1-2H3. The maximum atomic E-state index is 11.4. The monoisotopic (exact) mass is 193 g/mol. The van der Waals surface area contributed by atoms with Crippen LogP contribution >= 0.6 is 0 Å². The van der Waals surface area contributed by atoms with E-state index in [1.165, 1.54) is 0 Å². The van der Waals surface area contributed by atoms with E-state index in [9.17, 15) is 4.79 Å². The average molecular weight is 193 g/mol. The lowest BCUT2D eigenvalue weighted by Crippen LogP contribution is -2.17. The molecule has 14 heavy (non-hydrogen) atoms. The van der Waals surface area contributed by atoms with Crippen molar-refractivity contribution in [2.45, 2.75) is 26.7 Å². The summed E-state index contributed by atoms with van der Waals surface area (Å²) in [6.45, 7) is 3.92. The molecule has 1 aromatic heterocycles. The Hall–Kier alpha value is -1.38. The van der Waals surface area contributed by atoms with Gasteiger partial charge in [-0.25, -0.2) is 4.98 Å². The lowest BCUT2D eigenvalue weighted by Gasteiger charge is -2.08. The fourth-order valence-electron chi connectivity index (χ4n) is 1.16. The fourth-order valence-corrected chi connectivity index (χ4v) is 1.16. The van der Waals surface area contributed by atoms with Gasteiger partial charge < -0.3 is 4.74 Å².